The Labute approximate surface area is 95.0 Å². The third kappa shape index (κ3) is 3.66. The van der Waals surface area contributed by atoms with E-state index >= 15 is 0 Å². The highest BCUT2D eigenvalue weighted by atomic mass is 35.5. The van der Waals surface area contributed by atoms with Gasteiger partial charge in [0.05, 0.1) is 7.11 Å². The summed E-state index contributed by atoms with van der Waals surface area (Å²) in [6.07, 6.45) is 0.611. The van der Waals surface area contributed by atoms with Crippen LogP contribution in [0.3, 0.4) is 0 Å². The predicted octanol–water partition coefficient (Wildman–Crippen LogP) is 1.60. The molecule has 0 aliphatic rings. The SMILES string of the molecule is COc1ccc(F)cc1[C@H](N)CCN.Cl. The summed E-state index contributed by atoms with van der Waals surface area (Å²) in [6.45, 7) is 0.473. The molecule has 0 saturated carbocycles. The average molecular weight is 235 g/mol. The van der Waals surface area contributed by atoms with Gasteiger partial charge in [-0.25, -0.2) is 4.39 Å². The van der Waals surface area contributed by atoms with Crippen LogP contribution in [0.4, 0.5) is 4.39 Å². The number of benzene rings is 1. The van der Waals surface area contributed by atoms with Gasteiger partial charge in [0.25, 0.3) is 0 Å². The lowest BCUT2D eigenvalue weighted by atomic mass is 10.0. The molecular formula is C10H16ClFN2O. The maximum absolute atomic E-state index is 12.9. The fourth-order valence-corrected chi connectivity index (χ4v) is 1.33. The second kappa shape index (κ2) is 6.61. The van der Waals surface area contributed by atoms with Crippen molar-refractivity contribution in [1.82, 2.24) is 0 Å². The van der Waals surface area contributed by atoms with E-state index in [1.54, 1.807) is 6.07 Å². The molecule has 3 nitrogen and oxygen atoms in total. The summed E-state index contributed by atoms with van der Waals surface area (Å²) in [7, 11) is 1.53. The molecule has 0 unspecified atom stereocenters. The van der Waals surface area contributed by atoms with E-state index in [-0.39, 0.29) is 24.3 Å². The van der Waals surface area contributed by atoms with Crippen molar-refractivity contribution in [2.75, 3.05) is 13.7 Å². The minimum atomic E-state index is -0.312. The number of methoxy groups -OCH3 is 1. The second-order valence-electron chi connectivity index (χ2n) is 3.07. The Morgan fingerprint density at radius 2 is 2.13 bits per heavy atom. The van der Waals surface area contributed by atoms with Crippen molar-refractivity contribution in [2.24, 2.45) is 11.5 Å². The largest absolute Gasteiger partial charge is 0.496 e. The average Bonchev–Trinajstić information content (AvgIpc) is 2.18. The quantitative estimate of drug-likeness (QED) is 0.832. The maximum atomic E-state index is 12.9. The molecule has 1 aromatic carbocycles. The van der Waals surface area contributed by atoms with Gasteiger partial charge in [-0.05, 0) is 31.2 Å². The van der Waals surface area contributed by atoms with Crippen molar-refractivity contribution in [3.8, 4) is 5.75 Å². The van der Waals surface area contributed by atoms with Crippen LogP contribution >= 0.6 is 12.4 Å². The molecule has 1 rings (SSSR count). The van der Waals surface area contributed by atoms with Gasteiger partial charge in [0.15, 0.2) is 0 Å². The van der Waals surface area contributed by atoms with Gasteiger partial charge < -0.3 is 16.2 Å². The fraction of sp³-hybridized carbons (Fsp3) is 0.400. The molecule has 1 atom stereocenters. The van der Waals surface area contributed by atoms with Crippen molar-refractivity contribution in [2.45, 2.75) is 12.5 Å². The number of halogens is 2. The zero-order valence-corrected chi connectivity index (χ0v) is 9.39. The molecule has 1 aromatic rings. The molecule has 0 aromatic heterocycles. The molecule has 0 fully saturated rings. The molecule has 0 bridgehead atoms. The lowest BCUT2D eigenvalue weighted by molar-refractivity contribution is 0.403. The normalized spacial score (nSPS) is 11.7. The van der Waals surface area contributed by atoms with Crippen LogP contribution < -0.4 is 16.2 Å². The Bertz CT molecular complexity index is 309. The molecule has 0 radical (unpaired) electrons. The highest BCUT2D eigenvalue weighted by molar-refractivity contribution is 5.85. The Morgan fingerprint density at radius 3 is 2.67 bits per heavy atom. The van der Waals surface area contributed by atoms with E-state index in [4.69, 9.17) is 16.2 Å². The minimum absolute atomic E-state index is 0. The second-order valence-corrected chi connectivity index (χ2v) is 3.07. The molecule has 86 valence electrons. The summed E-state index contributed by atoms with van der Waals surface area (Å²) < 4.78 is 18.0. The number of rotatable bonds is 4. The van der Waals surface area contributed by atoms with E-state index in [0.29, 0.717) is 24.3 Å². The van der Waals surface area contributed by atoms with Crippen molar-refractivity contribution in [3.05, 3.63) is 29.6 Å². The van der Waals surface area contributed by atoms with Crippen LogP contribution in [0.1, 0.15) is 18.0 Å². The summed E-state index contributed by atoms with van der Waals surface area (Å²) in [5.41, 5.74) is 11.9. The van der Waals surface area contributed by atoms with Crippen LogP contribution in [0.25, 0.3) is 0 Å². The van der Waals surface area contributed by atoms with E-state index < -0.39 is 0 Å². The van der Waals surface area contributed by atoms with Crippen molar-refractivity contribution >= 4 is 12.4 Å². The Morgan fingerprint density at radius 1 is 1.47 bits per heavy atom. The van der Waals surface area contributed by atoms with Crippen molar-refractivity contribution < 1.29 is 9.13 Å². The Kier molecular flexibility index (Phi) is 6.24. The zero-order chi connectivity index (χ0) is 10.6. The summed E-state index contributed by atoms with van der Waals surface area (Å²) in [5, 5.41) is 0. The first kappa shape index (κ1) is 14.2. The van der Waals surface area contributed by atoms with E-state index in [1.807, 2.05) is 0 Å². The first-order valence-corrected chi connectivity index (χ1v) is 4.48. The van der Waals surface area contributed by atoms with Crippen LogP contribution in [0.5, 0.6) is 5.75 Å². The van der Waals surface area contributed by atoms with Crippen LogP contribution in [0, 0.1) is 5.82 Å². The van der Waals surface area contributed by atoms with Crippen LogP contribution in [0.15, 0.2) is 18.2 Å². The summed E-state index contributed by atoms with van der Waals surface area (Å²) in [6, 6.07) is 4.03. The highest BCUT2D eigenvalue weighted by Crippen LogP contribution is 2.25. The van der Waals surface area contributed by atoms with Gasteiger partial charge in [-0.3, -0.25) is 0 Å². The molecule has 0 aliphatic carbocycles. The topological polar surface area (TPSA) is 61.3 Å². The zero-order valence-electron chi connectivity index (χ0n) is 8.57. The van der Waals surface area contributed by atoms with Gasteiger partial charge in [-0.1, -0.05) is 0 Å². The van der Waals surface area contributed by atoms with E-state index in [9.17, 15) is 4.39 Å². The van der Waals surface area contributed by atoms with E-state index in [2.05, 4.69) is 0 Å². The van der Waals surface area contributed by atoms with E-state index in [0.717, 1.165) is 0 Å². The highest BCUT2D eigenvalue weighted by Gasteiger charge is 2.11. The van der Waals surface area contributed by atoms with E-state index in [1.165, 1.54) is 19.2 Å². The molecule has 4 N–H and O–H groups in total. The third-order valence-electron chi connectivity index (χ3n) is 2.07. The lowest BCUT2D eigenvalue weighted by Gasteiger charge is -2.14. The minimum Gasteiger partial charge on any atom is -0.496 e. The molecule has 0 spiro atoms. The smallest absolute Gasteiger partial charge is 0.123 e. The molecule has 0 amide bonds. The van der Waals surface area contributed by atoms with Crippen LogP contribution in [-0.4, -0.2) is 13.7 Å². The Hall–Kier alpha value is -0.840. The first-order chi connectivity index (χ1) is 6.69. The molecule has 15 heavy (non-hydrogen) atoms. The monoisotopic (exact) mass is 234 g/mol. The molecule has 5 heteroatoms. The summed E-state index contributed by atoms with van der Waals surface area (Å²) in [4.78, 5) is 0. The fourth-order valence-electron chi connectivity index (χ4n) is 1.33. The van der Waals surface area contributed by atoms with Gasteiger partial charge >= 0.3 is 0 Å². The maximum Gasteiger partial charge on any atom is 0.123 e. The number of hydrogen-bond acceptors (Lipinski definition) is 3. The molecule has 0 aliphatic heterocycles. The number of nitrogens with two attached hydrogens (primary N) is 2. The number of ether oxygens (including phenoxy) is 1. The van der Waals surface area contributed by atoms with Crippen LogP contribution in [0.2, 0.25) is 0 Å². The predicted molar refractivity (Wildman–Crippen MR) is 60.8 cm³/mol. The Balaban J connectivity index is 0.00000196. The molecule has 0 saturated heterocycles. The van der Waals surface area contributed by atoms with Gasteiger partial charge in [0, 0.05) is 11.6 Å². The van der Waals surface area contributed by atoms with Crippen molar-refractivity contribution in [1.29, 1.82) is 0 Å². The lowest BCUT2D eigenvalue weighted by Crippen LogP contribution is -2.16. The van der Waals surface area contributed by atoms with Gasteiger partial charge in [-0.15, -0.1) is 12.4 Å². The molecule has 0 heterocycles. The van der Waals surface area contributed by atoms with Gasteiger partial charge in [0.2, 0.25) is 0 Å². The first-order valence-electron chi connectivity index (χ1n) is 4.48. The molecular weight excluding hydrogens is 219 g/mol. The van der Waals surface area contributed by atoms with Gasteiger partial charge in [0.1, 0.15) is 11.6 Å². The van der Waals surface area contributed by atoms with Crippen LogP contribution in [-0.2, 0) is 0 Å². The van der Waals surface area contributed by atoms with Crippen molar-refractivity contribution in [3.63, 3.8) is 0 Å². The van der Waals surface area contributed by atoms with Gasteiger partial charge in [-0.2, -0.15) is 0 Å². The third-order valence-corrected chi connectivity index (χ3v) is 2.07. The summed E-state index contributed by atoms with van der Waals surface area (Å²) in [5.74, 6) is 0.292. The summed E-state index contributed by atoms with van der Waals surface area (Å²) >= 11 is 0. The standard InChI is InChI=1S/C10H15FN2O.ClH/c1-14-10-3-2-7(11)6-8(10)9(13)4-5-12;/h2-3,6,9H,4-5,12-13H2,1H3;1H/t9-;/m1./s1. The number of hydrogen-bond donors (Lipinski definition) is 2.